The van der Waals surface area contributed by atoms with Crippen molar-refractivity contribution in [2.75, 3.05) is 17.7 Å². The number of thiophene rings is 1. The van der Waals surface area contributed by atoms with Crippen molar-refractivity contribution in [2.24, 2.45) is 5.92 Å². The number of nitriles is 1. The van der Waals surface area contributed by atoms with E-state index in [4.69, 9.17) is 10.00 Å². The van der Waals surface area contributed by atoms with Gasteiger partial charge in [-0.25, -0.2) is 4.79 Å². The third-order valence-electron chi connectivity index (χ3n) is 4.32. The summed E-state index contributed by atoms with van der Waals surface area (Å²) in [5.74, 6) is 0.0807. The van der Waals surface area contributed by atoms with E-state index in [9.17, 15) is 9.59 Å². The molecular weight excluding hydrogens is 380 g/mol. The quantitative estimate of drug-likeness (QED) is 0.578. The molecule has 0 saturated carbocycles. The first-order chi connectivity index (χ1) is 13.1. The molecule has 0 aliphatic heterocycles. The van der Waals surface area contributed by atoms with E-state index in [0.29, 0.717) is 22.2 Å². The second kappa shape index (κ2) is 9.07. The van der Waals surface area contributed by atoms with Gasteiger partial charge in [-0.05, 0) is 48.9 Å². The molecule has 140 valence electrons. The Hall–Kier alpha value is -2.30. The number of nitrogens with zero attached hydrogens (tertiary/aromatic N) is 1. The summed E-state index contributed by atoms with van der Waals surface area (Å²) >= 11 is 2.82. The molecule has 1 aromatic carbocycles. The van der Waals surface area contributed by atoms with Crippen LogP contribution in [0.4, 0.5) is 5.69 Å². The molecule has 27 heavy (non-hydrogen) atoms. The predicted molar refractivity (Wildman–Crippen MR) is 107 cm³/mol. The number of hydrogen-bond donors (Lipinski definition) is 1. The van der Waals surface area contributed by atoms with E-state index >= 15 is 0 Å². The highest BCUT2D eigenvalue weighted by molar-refractivity contribution is 7.99. The molecule has 0 saturated heterocycles. The van der Waals surface area contributed by atoms with Crippen LogP contribution in [0.3, 0.4) is 0 Å². The van der Waals surface area contributed by atoms with Crippen LogP contribution in [-0.4, -0.2) is 24.2 Å². The first-order valence-electron chi connectivity index (χ1n) is 8.74. The molecule has 0 fully saturated rings. The van der Waals surface area contributed by atoms with Crippen LogP contribution in [0.2, 0.25) is 0 Å². The van der Waals surface area contributed by atoms with E-state index in [1.165, 1.54) is 33.5 Å². The maximum Gasteiger partial charge on any atom is 0.348 e. The van der Waals surface area contributed by atoms with Gasteiger partial charge >= 0.3 is 5.97 Å². The van der Waals surface area contributed by atoms with Crippen LogP contribution in [0, 0.1) is 17.2 Å². The molecule has 3 rings (SSSR count). The zero-order valence-corrected chi connectivity index (χ0v) is 16.6. The Morgan fingerprint density at radius 3 is 3.04 bits per heavy atom. The second-order valence-electron chi connectivity index (χ2n) is 6.47. The molecule has 1 amide bonds. The van der Waals surface area contributed by atoms with E-state index in [2.05, 4.69) is 18.3 Å². The Kier molecular flexibility index (Phi) is 6.54. The Morgan fingerprint density at radius 1 is 1.41 bits per heavy atom. The molecule has 0 bridgehead atoms. The highest BCUT2D eigenvalue weighted by atomic mass is 32.2. The lowest BCUT2D eigenvalue weighted by atomic mass is 9.90. The van der Waals surface area contributed by atoms with Gasteiger partial charge in [-0.1, -0.05) is 19.1 Å². The minimum atomic E-state index is -0.454. The number of hydrogen-bond acceptors (Lipinski definition) is 6. The molecule has 0 unspecified atom stereocenters. The lowest BCUT2D eigenvalue weighted by Crippen LogP contribution is -2.21. The zero-order chi connectivity index (χ0) is 19.2. The van der Waals surface area contributed by atoms with E-state index < -0.39 is 11.9 Å². The zero-order valence-electron chi connectivity index (χ0n) is 15.0. The van der Waals surface area contributed by atoms with Gasteiger partial charge < -0.3 is 10.1 Å². The van der Waals surface area contributed by atoms with Gasteiger partial charge in [0.2, 0.25) is 0 Å². The van der Waals surface area contributed by atoms with Gasteiger partial charge in [-0.15, -0.1) is 23.1 Å². The number of fused-ring (bicyclic) bond motifs is 1. The van der Waals surface area contributed by atoms with Crippen LogP contribution in [0.25, 0.3) is 0 Å². The number of aryl methyl sites for hydroxylation is 1. The largest absolute Gasteiger partial charge is 0.451 e. The van der Waals surface area contributed by atoms with Gasteiger partial charge in [0, 0.05) is 9.77 Å². The Labute approximate surface area is 166 Å². The molecule has 7 heteroatoms. The van der Waals surface area contributed by atoms with Gasteiger partial charge in [0.15, 0.2) is 6.61 Å². The standard InChI is InChI=1S/C20H20N2O3S2/c1-13-6-7-16-14(10-13)11-18(27-16)20(24)25-12-19(23)22-15-4-2-3-5-17(15)26-9-8-21/h2-5,11,13H,6-7,9-10,12H2,1H3,(H,22,23)/t13-/m1/s1. The van der Waals surface area contributed by atoms with Gasteiger partial charge in [0.1, 0.15) is 4.88 Å². The Balaban J connectivity index is 1.55. The predicted octanol–water partition coefficient (Wildman–Crippen LogP) is 4.28. The fraction of sp³-hybridized carbons (Fsp3) is 0.350. The second-order valence-corrected chi connectivity index (χ2v) is 8.63. The summed E-state index contributed by atoms with van der Waals surface area (Å²) in [6.07, 6.45) is 3.15. The van der Waals surface area contributed by atoms with E-state index in [0.717, 1.165) is 24.2 Å². The molecule has 2 aromatic rings. The van der Waals surface area contributed by atoms with Crippen molar-refractivity contribution >= 4 is 40.7 Å². The topological polar surface area (TPSA) is 79.2 Å². The summed E-state index contributed by atoms with van der Waals surface area (Å²) < 4.78 is 5.19. The number of rotatable bonds is 6. The van der Waals surface area contributed by atoms with Crippen molar-refractivity contribution in [3.05, 3.63) is 45.6 Å². The molecule has 1 aliphatic rings. The third kappa shape index (κ3) is 5.12. The Morgan fingerprint density at radius 2 is 2.22 bits per heavy atom. The molecule has 1 heterocycles. The van der Waals surface area contributed by atoms with Crippen molar-refractivity contribution in [3.63, 3.8) is 0 Å². The maximum absolute atomic E-state index is 12.3. The molecule has 1 N–H and O–H groups in total. The lowest BCUT2D eigenvalue weighted by molar-refractivity contribution is -0.119. The summed E-state index contributed by atoms with van der Waals surface area (Å²) in [5, 5.41) is 11.5. The lowest BCUT2D eigenvalue weighted by Gasteiger charge is -2.16. The van der Waals surface area contributed by atoms with Crippen LogP contribution in [0.5, 0.6) is 0 Å². The average molecular weight is 401 g/mol. The number of para-hydroxylation sites is 1. The van der Waals surface area contributed by atoms with Crippen molar-refractivity contribution < 1.29 is 14.3 Å². The van der Waals surface area contributed by atoms with Crippen molar-refractivity contribution in [1.82, 2.24) is 0 Å². The van der Waals surface area contributed by atoms with Crippen LogP contribution in [0.1, 0.15) is 33.5 Å². The fourth-order valence-electron chi connectivity index (χ4n) is 3.00. The minimum Gasteiger partial charge on any atom is -0.451 e. The summed E-state index contributed by atoms with van der Waals surface area (Å²) in [7, 11) is 0. The van der Waals surface area contributed by atoms with Gasteiger partial charge in [-0.3, -0.25) is 4.79 Å². The van der Waals surface area contributed by atoms with Gasteiger partial charge in [0.25, 0.3) is 5.91 Å². The molecule has 0 spiro atoms. The number of nitrogens with one attached hydrogen (secondary N) is 1. The SMILES string of the molecule is C[C@@H]1CCc2sc(C(=O)OCC(=O)Nc3ccccc3SCC#N)cc2C1. The number of thioether (sulfide) groups is 1. The molecule has 1 atom stereocenters. The number of ether oxygens (including phenoxy) is 1. The van der Waals surface area contributed by atoms with E-state index in [-0.39, 0.29) is 6.61 Å². The number of anilines is 1. The summed E-state index contributed by atoms with van der Waals surface area (Å²) in [5.41, 5.74) is 1.85. The summed E-state index contributed by atoms with van der Waals surface area (Å²) in [6.45, 7) is 1.88. The molecule has 1 aromatic heterocycles. The fourth-order valence-corrected chi connectivity index (χ4v) is 4.77. The number of amides is 1. The van der Waals surface area contributed by atoms with E-state index in [1.807, 2.05) is 18.2 Å². The highest BCUT2D eigenvalue weighted by Crippen LogP contribution is 2.32. The van der Waals surface area contributed by atoms with Crippen molar-refractivity contribution in [2.45, 2.75) is 31.1 Å². The van der Waals surface area contributed by atoms with Gasteiger partial charge in [0.05, 0.1) is 17.5 Å². The van der Waals surface area contributed by atoms with Crippen LogP contribution >= 0.6 is 23.1 Å². The van der Waals surface area contributed by atoms with Crippen LogP contribution < -0.4 is 5.32 Å². The highest BCUT2D eigenvalue weighted by Gasteiger charge is 2.21. The average Bonchev–Trinajstić information content (AvgIpc) is 3.08. The van der Waals surface area contributed by atoms with Gasteiger partial charge in [-0.2, -0.15) is 5.26 Å². The summed E-state index contributed by atoms with van der Waals surface area (Å²) in [6, 6.07) is 11.2. The molecule has 5 nitrogen and oxygen atoms in total. The molecular formula is C20H20N2O3S2. The number of carbonyl (C=O) groups is 2. The first-order valence-corrected chi connectivity index (χ1v) is 10.5. The van der Waals surface area contributed by atoms with Crippen LogP contribution in [-0.2, 0) is 22.4 Å². The molecule has 1 aliphatic carbocycles. The summed E-state index contributed by atoms with van der Waals surface area (Å²) in [4.78, 5) is 27.1. The monoisotopic (exact) mass is 400 g/mol. The van der Waals surface area contributed by atoms with E-state index in [1.54, 1.807) is 12.1 Å². The minimum absolute atomic E-state index is 0.295. The first kappa shape index (κ1) is 19.5. The van der Waals surface area contributed by atoms with Crippen molar-refractivity contribution in [1.29, 1.82) is 5.26 Å². The van der Waals surface area contributed by atoms with Crippen molar-refractivity contribution in [3.8, 4) is 6.07 Å². The number of benzene rings is 1. The smallest absolute Gasteiger partial charge is 0.348 e. The van der Waals surface area contributed by atoms with Crippen LogP contribution in [0.15, 0.2) is 35.2 Å². The normalized spacial score (nSPS) is 15.5. The maximum atomic E-state index is 12.3. The molecule has 0 radical (unpaired) electrons. The number of carbonyl (C=O) groups excluding carboxylic acids is 2. The Bertz CT molecular complexity index is 886. The third-order valence-corrected chi connectivity index (χ3v) is 6.48. The number of esters is 1.